The number of halogens is 2. The molecule has 5 nitrogen and oxygen atoms in total. The number of hydrogen-bond acceptors (Lipinski definition) is 4. The first-order chi connectivity index (χ1) is 12.4. The fourth-order valence-corrected chi connectivity index (χ4v) is 3.66. The maximum absolute atomic E-state index is 13.9. The van der Waals surface area contributed by atoms with E-state index in [1.807, 2.05) is 6.07 Å². The van der Waals surface area contributed by atoms with E-state index < -0.39 is 26.6 Å². The van der Waals surface area contributed by atoms with Crippen LogP contribution in [0.1, 0.15) is 5.56 Å². The van der Waals surface area contributed by atoms with Gasteiger partial charge in [0.2, 0.25) is 0 Å². The van der Waals surface area contributed by atoms with Crippen molar-refractivity contribution in [2.45, 2.75) is 11.4 Å². The molecule has 136 valence electrons. The third kappa shape index (κ3) is 3.76. The molecule has 0 saturated carbocycles. The average Bonchev–Trinajstić information content (AvgIpc) is 3.09. The lowest BCUT2D eigenvalue weighted by Crippen LogP contribution is -2.16. The van der Waals surface area contributed by atoms with Gasteiger partial charge in [-0.15, -0.1) is 0 Å². The van der Waals surface area contributed by atoms with E-state index in [2.05, 4.69) is 10.0 Å². The van der Waals surface area contributed by atoms with Crippen LogP contribution in [0.15, 0.2) is 64.1 Å². The van der Waals surface area contributed by atoms with Gasteiger partial charge < -0.3 is 9.73 Å². The zero-order chi connectivity index (χ0) is 18.7. The molecule has 0 aliphatic rings. The summed E-state index contributed by atoms with van der Waals surface area (Å²) in [6.07, 6.45) is 1.47. The Morgan fingerprint density at radius 1 is 1.08 bits per heavy atom. The summed E-state index contributed by atoms with van der Waals surface area (Å²) in [6.45, 7) is 0.512. The minimum Gasteiger partial charge on any atom is -0.464 e. The molecule has 8 heteroatoms. The summed E-state index contributed by atoms with van der Waals surface area (Å²) >= 11 is 0. The van der Waals surface area contributed by atoms with Crippen molar-refractivity contribution in [2.24, 2.45) is 0 Å². The second kappa shape index (κ2) is 7.27. The van der Waals surface area contributed by atoms with Crippen molar-refractivity contribution in [3.63, 3.8) is 0 Å². The SMILES string of the molecule is CNCc1ccc(-c2ccco2)c(NS(=O)(=O)c2ccc(F)cc2F)c1. The van der Waals surface area contributed by atoms with Crippen LogP contribution >= 0.6 is 0 Å². The Labute approximate surface area is 149 Å². The van der Waals surface area contributed by atoms with Gasteiger partial charge in [-0.1, -0.05) is 6.07 Å². The van der Waals surface area contributed by atoms with E-state index in [1.54, 1.807) is 31.3 Å². The molecule has 1 heterocycles. The molecule has 0 amide bonds. The van der Waals surface area contributed by atoms with Gasteiger partial charge in [0.25, 0.3) is 10.0 Å². The van der Waals surface area contributed by atoms with Crippen LogP contribution in [0.5, 0.6) is 0 Å². The molecule has 0 fully saturated rings. The molecule has 0 radical (unpaired) electrons. The van der Waals surface area contributed by atoms with Gasteiger partial charge in [-0.05, 0) is 49.0 Å². The Balaban J connectivity index is 2.05. The number of anilines is 1. The molecule has 1 aromatic heterocycles. The summed E-state index contributed by atoms with van der Waals surface area (Å²) in [4.78, 5) is -0.636. The quantitative estimate of drug-likeness (QED) is 0.685. The number of hydrogen-bond donors (Lipinski definition) is 2. The van der Waals surface area contributed by atoms with E-state index in [0.29, 0.717) is 23.9 Å². The Hall–Kier alpha value is -2.71. The predicted molar refractivity (Wildman–Crippen MR) is 94.1 cm³/mol. The normalized spacial score (nSPS) is 11.5. The van der Waals surface area contributed by atoms with Crippen molar-refractivity contribution in [3.8, 4) is 11.3 Å². The van der Waals surface area contributed by atoms with Crippen LogP contribution in [-0.2, 0) is 16.6 Å². The van der Waals surface area contributed by atoms with Crippen LogP contribution in [0.2, 0.25) is 0 Å². The highest BCUT2D eigenvalue weighted by molar-refractivity contribution is 7.92. The molecule has 2 N–H and O–H groups in total. The first-order valence-corrected chi connectivity index (χ1v) is 9.18. The average molecular weight is 378 g/mol. The van der Waals surface area contributed by atoms with E-state index in [0.717, 1.165) is 17.7 Å². The van der Waals surface area contributed by atoms with Gasteiger partial charge in [0.05, 0.1) is 12.0 Å². The number of furan rings is 1. The van der Waals surface area contributed by atoms with Gasteiger partial charge in [0, 0.05) is 18.2 Å². The molecular formula is C18H16F2N2O3S. The number of rotatable bonds is 6. The predicted octanol–water partition coefficient (Wildman–Crippen LogP) is 3.75. The van der Waals surface area contributed by atoms with Crippen LogP contribution < -0.4 is 10.0 Å². The van der Waals surface area contributed by atoms with Gasteiger partial charge in [-0.2, -0.15) is 0 Å². The molecule has 0 aliphatic heterocycles. The van der Waals surface area contributed by atoms with E-state index in [-0.39, 0.29) is 5.69 Å². The highest BCUT2D eigenvalue weighted by Gasteiger charge is 2.22. The van der Waals surface area contributed by atoms with Gasteiger partial charge in [0.1, 0.15) is 22.3 Å². The van der Waals surface area contributed by atoms with Crippen LogP contribution in [0.3, 0.4) is 0 Å². The van der Waals surface area contributed by atoms with Crippen LogP contribution in [-0.4, -0.2) is 15.5 Å². The van der Waals surface area contributed by atoms with E-state index in [4.69, 9.17) is 4.42 Å². The van der Waals surface area contributed by atoms with Crippen LogP contribution in [0, 0.1) is 11.6 Å². The van der Waals surface area contributed by atoms with Crippen LogP contribution in [0.4, 0.5) is 14.5 Å². The monoisotopic (exact) mass is 378 g/mol. The lowest BCUT2D eigenvalue weighted by molar-refractivity contribution is 0.551. The first-order valence-electron chi connectivity index (χ1n) is 7.70. The summed E-state index contributed by atoms with van der Waals surface area (Å²) in [5.74, 6) is -1.56. The maximum Gasteiger partial charge on any atom is 0.264 e. The topological polar surface area (TPSA) is 71.3 Å². The van der Waals surface area contributed by atoms with Gasteiger partial charge in [-0.25, -0.2) is 17.2 Å². The highest BCUT2D eigenvalue weighted by Crippen LogP contribution is 2.31. The zero-order valence-electron chi connectivity index (χ0n) is 13.8. The fraction of sp³-hybridized carbons (Fsp3) is 0.111. The molecule has 0 saturated heterocycles. The smallest absolute Gasteiger partial charge is 0.264 e. The Morgan fingerprint density at radius 3 is 2.54 bits per heavy atom. The van der Waals surface area contributed by atoms with E-state index in [9.17, 15) is 17.2 Å². The largest absolute Gasteiger partial charge is 0.464 e. The minimum absolute atomic E-state index is 0.233. The molecule has 0 aliphatic carbocycles. The van der Waals surface area contributed by atoms with Gasteiger partial charge in [-0.3, -0.25) is 4.72 Å². The second-order valence-corrected chi connectivity index (χ2v) is 7.22. The fourth-order valence-electron chi connectivity index (χ4n) is 2.53. The second-order valence-electron chi connectivity index (χ2n) is 5.57. The molecular weight excluding hydrogens is 362 g/mol. The first kappa shape index (κ1) is 18.1. The zero-order valence-corrected chi connectivity index (χ0v) is 14.6. The Bertz CT molecular complexity index is 1020. The van der Waals surface area contributed by atoms with E-state index in [1.165, 1.54) is 6.26 Å². The van der Waals surface area contributed by atoms with Gasteiger partial charge in [0.15, 0.2) is 0 Å². The summed E-state index contributed by atoms with van der Waals surface area (Å²) in [7, 11) is -2.50. The van der Waals surface area contributed by atoms with Crippen molar-refractivity contribution < 1.29 is 21.6 Å². The van der Waals surface area contributed by atoms with Crippen molar-refractivity contribution >= 4 is 15.7 Å². The van der Waals surface area contributed by atoms with Crippen molar-refractivity contribution in [2.75, 3.05) is 11.8 Å². The number of benzene rings is 2. The molecule has 2 aromatic carbocycles. The summed E-state index contributed by atoms with van der Waals surface area (Å²) in [5.41, 5.74) is 1.55. The lowest BCUT2D eigenvalue weighted by atomic mass is 10.1. The molecule has 0 bridgehead atoms. The molecule has 0 spiro atoms. The summed E-state index contributed by atoms with van der Waals surface area (Å²) in [5, 5.41) is 2.97. The molecule has 26 heavy (non-hydrogen) atoms. The highest BCUT2D eigenvalue weighted by atomic mass is 32.2. The lowest BCUT2D eigenvalue weighted by Gasteiger charge is -2.14. The Morgan fingerprint density at radius 2 is 1.88 bits per heavy atom. The number of sulfonamides is 1. The van der Waals surface area contributed by atoms with Crippen molar-refractivity contribution in [1.82, 2.24) is 5.32 Å². The van der Waals surface area contributed by atoms with Crippen LogP contribution in [0.25, 0.3) is 11.3 Å². The number of nitrogens with one attached hydrogen (secondary N) is 2. The third-order valence-corrected chi connectivity index (χ3v) is 5.08. The van der Waals surface area contributed by atoms with E-state index >= 15 is 0 Å². The third-order valence-electron chi connectivity index (χ3n) is 3.68. The van der Waals surface area contributed by atoms with Gasteiger partial charge >= 0.3 is 0 Å². The molecule has 0 unspecified atom stereocenters. The molecule has 3 aromatic rings. The summed E-state index contributed by atoms with van der Waals surface area (Å²) < 4.78 is 59.9. The standard InChI is InChI=1S/C18H16F2N2O3S/c1-21-11-12-4-6-14(17-3-2-8-25-17)16(9-12)22-26(23,24)18-7-5-13(19)10-15(18)20/h2-10,21-22H,11H2,1H3. The minimum atomic E-state index is -4.26. The Kier molecular flexibility index (Phi) is 5.06. The van der Waals surface area contributed by atoms with Crippen molar-refractivity contribution in [3.05, 3.63) is 72.0 Å². The summed E-state index contributed by atoms with van der Waals surface area (Å²) in [6, 6.07) is 10.8. The molecule has 0 atom stereocenters. The molecule has 3 rings (SSSR count). The maximum atomic E-state index is 13.9. The van der Waals surface area contributed by atoms with Crippen molar-refractivity contribution in [1.29, 1.82) is 0 Å².